The van der Waals surface area contributed by atoms with Crippen molar-refractivity contribution in [2.24, 2.45) is 7.05 Å². The first kappa shape index (κ1) is 13.5. The number of nitro benzene ring substituents is 1. The average Bonchev–Trinajstić information content (AvgIpc) is 2.84. The molecular weight excluding hydrogens is 258 g/mol. The SMILES string of the molecule is Cn1cc(CCNc2ccc(C#N)c([N+](=O)[O-])c2)cn1. The molecule has 1 heterocycles. The lowest BCUT2D eigenvalue weighted by molar-refractivity contribution is -0.385. The molecule has 7 heteroatoms. The minimum Gasteiger partial charge on any atom is -0.385 e. The van der Waals surface area contributed by atoms with Crippen molar-refractivity contribution in [3.8, 4) is 6.07 Å². The average molecular weight is 271 g/mol. The summed E-state index contributed by atoms with van der Waals surface area (Å²) < 4.78 is 1.72. The Morgan fingerprint density at radius 3 is 2.95 bits per heavy atom. The van der Waals surface area contributed by atoms with E-state index in [9.17, 15) is 10.1 Å². The van der Waals surface area contributed by atoms with Gasteiger partial charge < -0.3 is 5.32 Å². The van der Waals surface area contributed by atoms with E-state index in [1.807, 2.05) is 19.3 Å². The Labute approximate surface area is 115 Å². The Kier molecular flexibility index (Phi) is 3.96. The fourth-order valence-electron chi connectivity index (χ4n) is 1.84. The Hall–Kier alpha value is -2.88. The summed E-state index contributed by atoms with van der Waals surface area (Å²) in [6, 6.07) is 6.30. The zero-order valence-electron chi connectivity index (χ0n) is 10.9. The van der Waals surface area contributed by atoms with Crippen LogP contribution in [0, 0.1) is 21.4 Å². The number of nitrogens with one attached hydrogen (secondary N) is 1. The molecule has 0 unspecified atom stereocenters. The standard InChI is InChI=1S/C13H13N5O2/c1-17-9-10(8-16-17)4-5-15-12-3-2-11(7-14)13(6-12)18(19)20/h2-3,6,8-9,15H,4-5H2,1H3. The van der Waals surface area contributed by atoms with Crippen molar-refractivity contribution in [1.29, 1.82) is 5.26 Å². The van der Waals surface area contributed by atoms with Crippen LogP contribution in [0.15, 0.2) is 30.6 Å². The molecule has 0 aliphatic rings. The van der Waals surface area contributed by atoms with Gasteiger partial charge in [0.2, 0.25) is 0 Å². The summed E-state index contributed by atoms with van der Waals surface area (Å²) in [7, 11) is 1.85. The largest absolute Gasteiger partial charge is 0.385 e. The topological polar surface area (TPSA) is 96.8 Å². The molecule has 102 valence electrons. The van der Waals surface area contributed by atoms with Crippen molar-refractivity contribution in [3.05, 3.63) is 51.8 Å². The molecule has 1 aromatic heterocycles. The number of nitro groups is 1. The monoisotopic (exact) mass is 271 g/mol. The molecule has 0 saturated carbocycles. The maximum absolute atomic E-state index is 10.8. The fourth-order valence-corrected chi connectivity index (χ4v) is 1.84. The van der Waals surface area contributed by atoms with Crippen LogP contribution in [0.1, 0.15) is 11.1 Å². The number of anilines is 1. The van der Waals surface area contributed by atoms with E-state index in [1.165, 1.54) is 12.1 Å². The first-order chi connectivity index (χ1) is 9.60. The van der Waals surface area contributed by atoms with Crippen molar-refractivity contribution >= 4 is 11.4 Å². The van der Waals surface area contributed by atoms with E-state index in [-0.39, 0.29) is 11.3 Å². The van der Waals surface area contributed by atoms with Gasteiger partial charge in [0.15, 0.2) is 0 Å². The summed E-state index contributed by atoms with van der Waals surface area (Å²) in [5.41, 5.74) is 1.59. The number of benzene rings is 1. The van der Waals surface area contributed by atoms with Crippen LogP contribution >= 0.6 is 0 Å². The van der Waals surface area contributed by atoms with Crippen LogP contribution in [0.5, 0.6) is 0 Å². The van der Waals surface area contributed by atoms with E-state index in [0.29, 0.717) is 12.2 Å². The van der Waals surface area contributed by atoms with Crippen LogP contribution in [0.3, 0.4) is 0 Å². The van der Waals surface area contributed by atoms with E-state index >= 15 is 0 Å². The summed E-state index contributed by atoms with van der Waals surface area (Å²) in [6.45, 7) is 0.634. The van der Waals surface area contributed by atoms with Crippen LogP contribution in [0.4, 0.5) is 11.4 Å². The predicted octanol–water partition coefficient (Wildman–Crippen LogP) is 1.85. The Balaban J connectivity index is 2.01. The van der Waals surface area contributed by atoms with Crippen molar-refractivity contribution in [2.45, 2.75) is 6.42 Å². The number of nitrogens with zero attached hydrogens (tertiary/aromatic N) is 4. The van der Waals surface area contributed by atoms with Crippen LogP contribution in [-0.2, 0) is 13.5 Å². The van der Waals surface area contributed by atoms with Crippen LogP contribution < -0.4 is 5.32 Å². The van der Waals surface area contributed by atoms with Gasteiger partial charge >= 0.3 is 0 Å². The molecular formula is C13H13N5O2. The third kappa shape index (κ3) is 3.11. The van der Waals surface area contributed by atoms with Gasteiger partial charge in [-0.15, -0.1) is 0 Å². The Morgan fingerprint density at radius 2 is 2.35 bits per heavy atom. The normalized spacial score (nSPS) is 10.0. The van der Waals surface area contributed by atoms with E-state index < -0.39 is 4.92 Å². The third-order valence-corrected chi connectivity index (χ3v) is 2.82. The van der Waals surface area contributed by atoms with Gasteiger partial charge in [0.25, 0.3) is 5.69 Å². The fraction of sp³-hybridized carbons (Fsp3) is 0.231. The van der Waals surface area contributed by atoms with Gasteiger partial charge in [0.05, 0.1) is 11.1 Å². The molecule has 0 spiro atoms. The van der Waals surface area contributed by atoms with Crippen molar-refractivity contribution in [3.63, 3.8) is 0 Å². The number of rotatable bonds is 5. The van der Waals surface area contributed by atoms with Gasteiger partial charge in [-0.1, -0.05) is 0 Å². The summed E-state index contributed by atoms with van der Waals surface area (Å²) in [5.74, 6) is 0. The van der Waals surface area contributed by atoms with E-state index in [1.54, 1.807) is 16.9 Å². The first-order valence-electron chi connectivity index (χ1n) is 6.00. The van der Waals surface area contributed by atoms with Gasteiger partial charge in [0, 0.05) is 31.5 Å². The third-order valence-electron chi connectivity index (χ3n) is 2.82. The zero-order valence-corrected chi connectivity index (χ0v) is 10.9. The lowest BCUT2D eigenvalue weighted by Crippen LogP contribution is -2.05. The minimum absolute atomic E-state index is 0.0628. The second kappa shape index (κ2) is 5.84. The van der Waals surface area contributed by atoms with Crippen molar-refractivity contribution in [1.82, 2.24) is 9.78 Å². The molecule has 0 aliphatic heterocycles. The van der Waals surface area contributed by atoms with E-state index in [2.05, 4.69) is 10.4 Å². The highest BCUT2D eigenvalue weighted by atomic mass is 16.6. The maximum atomic E-state index is 10.8. The number of nitriles is 1. The highest BCUT2D eigenvalue weighted by molar-refractivity contribution is 5.59. The second-order valence-electron chi connectivity index (χ2n) is 4.30. The maximum Gasteiger partial charge on any atom is 0.289 e. The van der Waals surface area contributed by atoms with Crippen molar-refractivity contribution < 1.29 is 4.92 Å². The zero-order chi connectivity index (χ0) is 14.5. The molecule has 0 radical (unpaired) electrons. The van der Waals surface area contributed by atoms with Crippen molar-refractivity contribution in [2.75, 3.05) is 11.9 Å². The molecule has 0 aliphatic carbocycles. The predicted molar refractivity (Wildman–Crippen MR) is 73.2 cm³/mol. The number of hydrogen-bond acceptors (Lipinski definition) is 5. The molecule has 0 atom stereocenters. The summed E-state index contributed by atoms with van der Waals surface area (Å²) in [6.07, 6.45) is 4.47. The molecule has 0 saturated heterocycles. The second-order valence-corrected chi connectivity index (χ2v) is 4.30. The molecule has 1 aromatic carbocycles. The summed E-state index contributed by atoms with van der Waals surface area (Å²) >= 11 is 0. The minimum atomic E-state index is -0.551. The van der Waals surface area contributed by atoms with E-state index in [4.69, 9.17) is 5.26 Å². The van der Waals surface area contributed by atoms with Crippen LogP contribution in [0.25, 0.3) is 0 Å². The van der Waals surface area contributed by atoms with Gasteiger partial charge in [0.1, 0.15) is 11.6 Å². The smallest absolute Gasteiger partial charge is 0.289 e. The highest BCUT2D eigenvalue weighted by Crippen LogP contribution is 2.22. The number of hydrogen-bond donors (Lipinski definition) is 1. The molecule has 1 N–H and O–H groups in total. The lowest BCUT2D eigenvalue weighted by Gasteiger charge is -2.05. The highest BCUT2D eigenvalue weighted by Gasteiger charge is 2.13. The summed E-state index contributed by atoms with van der Waals surface area (Å²) in [5, 5.41) is 26.8. The molecule has 2 aromatic rings. The summed E-state index contributed by atoms with van der Waals surface area (Å²) in [4.78, 5) is 10.3. The van der Waals surface area contributed by atoms with Gasteiger partial charge in [-0.25, -0.2) is 0 Å². The van der Waals surface area contributed by atoms with Gasteiger partial charge in [-0.05, 0) is 24.1 Å². The van der Waals surface area contributed by atoms with Gasteiger partial charge in [-0.2, -0.15) is 10.4 Å². The Bertz CT molecular complexity index is 672. The van der Waals surface area contributed by atoms with Gasteiger partial charge in [-0.3, -0.25) is 14.8 Å². The van der Waals surface area contributed by atoms with E-state index in [0.717, 1.165) is 12.0 Å². The molecule has 20 heavy (non-hydrogen) atoms. The molecule has 0 bridgehead atoms. The number of aromatic nitrogens is 2. The molecule has 0 amide bonds. The number of aryl methyl sites for hydroxylation is 1. The Morgan fingerprint density at radius 1 is 1.55 bits per heavy atom. The van der Waals surface area contributed by atoms with Crippen LogP contribution in [-0.4, -0.2) is 21.2 Å². The molecule has 0 fully saturated rings. The lowest BCUT2D eigenvalue weighted by atomic mass is 10.1. The molecule has 2 rings (SSSR count). The first-order valence-corrected chi connectivity index (χ1v) is 6.00. The quantitative estimate of drug-likeness (QED) is 0.661. The van der Waals surface area contributed by atoms with Crippen LogP contribution in [0.2, 0.25) is 0 Å². The molecule has 7 nitrogen and oxygen atoms in total.